The molecule has 0 aromatic rings. The Morgan fingerprint density at radius 1 is 1.20 bits per heavy atom. The minimum absolute atomic E-state index is 0.372. The Bertz CT molecular complexity index is 336. The molecule has 1 saturated carbocycles. The molecule has 2 aliphatic heterocycles. The van der Waals surface area contributed by atoms with E-state index in [-0.39, 0.29) is 5.60 Å². The van der Waals surface area contributed by atoms with Crippen LogP contribution in [0.3, 0.4) is 0 Å². The Kier molecular flexibility index (Phi) is 3.87. The van der Waals surface area contributed by atoms with Gasteiger partial charge in [-0.2, -0.15) is 0 Å². The summed E-state index contributed by atoms with van der Waals surface area (Å²) in [4.78, 5) is 5.00. The van der Waals surface area contributed by atoms with Crippen molar-refractivity contribution < 1.29 is 5.11 Å². The summed E-state index contributed by atoms with van der Waals surface area (Å²) in [5.41, 5.74) is 6.02. The SMILES string of the molecule is CC(C)N1CC2(C1)CC(O)(CCN1CCC(N)CC1)C2. The zero-order valence-electron chi connectivity index (χ0n) is 13.1. The minimum Gasteiger partial charge on any atom is -0.390 e. The second-order valence-electron chi connectivity index (χ2n) is 8.01. The van der Waals surface area contributed by atoms with E-state index in [1.807, 2.05) is 0 Å². The van der Waals surface area contributed by atoms with Gasteiger partial charge in [0.15, 0.2) is 0 Å². The quantitative estimate of drug-likeness (QED) is 0.808. The lowest BCUT2D eigenvalue weighted by Gasteiger charge is -2.64. The average Bonchev–Trinajstić information content (AvgIpc) is 2.31. The van der Waals surface area contributed by atoms with Gasteiger partial charge in [-0.3, -0.25) is 4.90 Å². The van der Waals surface area contributed by atoms with Crippen LogP contribution >= 0.6 is 0 Å². The zero-order valence-corrected chi connectivity index (χ0v) is 13.1. The topological polar surface area (TPSA) is 52.7 Å². The molecular weight excluding hydrogens is 250 g/mol. The third kappa shape index (κ3) is 2.89. The van der Waals surface area contributed by atoms with Gasteiger partial charge in [0.2, 0.25) is 0 Å². The molecule has 1 aliphatic carbocycles. The smallest absolute Gasteiger partial charge is 0.0672 e. The number of hydrogen-bond acceptors (Lipinski definition) is 4. The molecule has 3 rings (SSSR count). The predicted molar refractivity (Wildman–Crippen MR) is 81.6 cm³/mol. The fraction of sp³-hybridized carbons (Fsp3) is 1.00. The second kappa shape index (κ2) is 5.24. The first kappa shape index (κ1) is 14.8. The summed E-state index contributed by atoms with van der Waals surface area (Å²) in [6.07, 6.45) is 5.23. The van der Waals surface area contributed by atoms with Gasteiger partial charge < -0.3 is 15.7 Å². The molecule has 2 heterocycles. The van der Waals surface area contributed by atoms with Gasteiger partial charge in [-0.1, -0.05) is 0 Å². The van der Waals surface area contributed by atoms with Crippen LogP contribution in [0.15, 0.2) is 0 Å². The van der Waals surface area contributed by atoms with Crippen LogP contribution in [0.1, 0.15) is 46.0 Å². The lowest BCUT2D eigenvalue weighted by molar-refractivity contribution is -0.199. The Morgan fingerprint density at radius 3 is 2.35 bits per heavy atom. The van der Waals surface area contributed by atoms with E-state index in [4.69, 9.17) is 5.73 Å². The minimum atomic E-state index is -0.372. The Balaban J connectivity index is 1.38. The summed E-state index contributed by atoms with van der Waals surface area (Å²) in [5.74, 6) is 0. The van der Waals surface area contributed by atoms with Crippen LogP contribution in [0.5, 0.6) is 0 Å². The van der Waals surface area contributed by atoms with Gasteiger partial charge in [0.25, 0.3) is 0 Å². The first-order valence-electron chi connectivity index (χ1n) is 8.34. The maximum Gasteiger partial charge on any atom is 0.0672 e. The van der Waals surface area contributed by atoms with Crippen molar-refractivity contribution in [2.24, 2.45) is 11.1 Å². The molecule has 1 spiro atoms. The zero-order chi connectivity index (χ0) is 14.4. The van der Waals surface area contributed by atoms with E-state index >= 15 is 0 Å². The summed E-state index contributed by atoms with van der Waals surface area (Å²) in [6.45, 7) is 10.2. The Labute approximate surface area is 123 Å². The number of rotatable bonds is 4. The fourth-order valence-corrected chi connectivity index (χ4v) is 4.47. The standard InChI is InChI=1S/C16H31N3O/c1-13(2)19-11-15(12-19)9-16(20,10-15)5-8-18-6-3-14(17)4-7-18/h13-14,20H,3-12,17H2,1-2H3. The summed E-state index contributed by atoms with van der Waals surface area (Å²) < 4.78 is 0. The van der Waals surface area contributed by atoms with Gasteiger partial charge in [-0.05, 0) is 59.0 Å². The molecule has 20 heavy (non-hydrogen) atoms. The first-order chi connectivity index (χ1) is 9.40. The molecule has 3 fully saturated rings. The molecular formula is C16H31N3O. The highest BCUT2D eigenvalue weighted by atomic mass is 16.3. The van der Waals surface area contributed by atoms with E-state index in [2.05, 4.69) is 23.6 Å². The molecule has 0 radical (unpaired) electrons. The van der Waals surface area contributed by atoms with E-state index in [9.17, 15) is 5.11 Å². The number of hydrogen-bond donors (Lipinski definition) is 2. The van der Waals surface area contributed by atoms with E-state index in [1.165, 1.54) is 13.1 Å². The lowest BCUT2D eigenvalue weighted by atomic mass is 9.54. The summed E-state index contributed by atoms with van der Waals surface area (Å²) >= 11 is 0. The maximum atomic E-state index is 10.6. The van der Waals surface area contributed by atoms with Crippen LogP contribution in [0.25, 0.3) is 0 Å². The van der Waals surface area contributed by atoms with Gasteiger partial charge in [0.05, 0.1) is 5.60 Å². The van der Waals surface area contributed by atoms with Crippen LogP contribution in [-0.4, -0.2) is 65.3 Å². The number of nitrogens with two attached hydrogens (primary N) is 1. The number of aliphatic hydroxyl groups is 1. The highest BCUT2D eigenvalue weighted by molar-refractivity contribution is 5.12. The molecule has 3 N–H and O–H groups in total. The molecule has 0 aromatic carbocycles. The monoisotopic (exact) mass is 281 g/mol. The lowest BCUT2D eigenvalue weighted by Crippen LogP contribution is -2.69. The first-order valence-corrected chi connectivity index (χ1v) is 8.34. The molecule has 0 bridgehead atoms. The molecule has 3 aliphatic rings. The molecule has 4 heteroatoms. The van der Waals surface area contributed by atoms with Crippen molar-refractivity contribution in [3.63, 3.8) is 0 Å². The molecule has 0 amide bonds. The molecule has 0 aromatic heterocycles. The van der Waals surface area contributed by atoms with Gasteiger partial charge in [0, 0.05) is 37.1 Å². The predicted octanol–water partition coefficient (Wildman–Crippen LogP) is 1.03. The van der Waals surface area contributed by atoms with E-state index in [0.29, 0.717) is 17.5 Å². The largest absolute Gasteiger partial charge is 0.390 e. The number of likely N-dealkylation sites (tertiary alicyclic amines) is 2. The number of nitrogens with zero attached hydrogens (tertiary/aromatic N) is 2. The highest BCUT2D eigenvalue weighted by Crippen LogP contribution is 2.55. The van der Waals surface area contributed by atoms with Crippen molar-refractivity contribution in [2.75, 3.05) is 32.7 Å². The van der Waals surface area contributed by atoms with E-state index in [0.717, 1.165) is 51.7 Å². The van der Waals surface area contributed by atoms with Crippen LogP contribution in [0, 0.1) is 5.41 Å². The summed E-state index contributed by atoms with van der Waals surface area (Å²) in [7, 11) is 0. The second-order valence-corrected chi connectivity index (χ2v) is 8.01. The maximum absolute atomic E-state index is 10.6. The summed E-state index contributed by atoms with van der Waals surface area (Å²) in [5, 5.41) is 10.6. The molecule has 4 nitrogen and oxygen atoms in total. The van der Waals surface area contributed by atoms with Crippen molar-refractivity contribution in [1.29, 1.82) is 0 Å². The normalized spacial score (nSPS) is 30.4. The molecule has 2 saturated heterocycles. The van der Waals surface area contributed by atoms with Crippen molar-refractivity contribution in [2.45, 2.75) is 63.6 Å². The van der Waals surface area contributed by atoms with Crippen molar-refractivity contribution >= 4 is 0 Å². The number of piperidine rings is 1. The van der Waals surface area contributed by atoms with E-state index in [1.54, 1.807) is 0 Å². The van der Waals surface area contributed by atoms with Crippen LogP contribution in [0.2, 0.25) is 0 Å². The molecule has 0 atom stereocenters. The third-order valence-electron chi connectivity index (χ3n) is 5.74. The van der Waals surface area contributed by atoms with Crippen LogP contribution in [-0.2, 0) is 0 Å². The average molecular weight is 281 g/mol. The van der Waals surface area contributed by atoms with Gasteiger partial charge in [0.1, 0.15) is 0 Å². The van der Waals surface area contributed by atoms with Gasteiger partial charge in [-0.15, -0.1) is 0 Å². The third-order valence-corrected chi connectivity index (χ3v) is 5.74. The van der Waals surface area contributed by atoms with Crippen molar-refractivity contribution in [3.8, 4) is 0 Å². The van der Waals surface area contributed by atoms with Gasteiger partial charge in [-0.25, -0.2) is 0 Å². The molecule has 116 valence electrons. The summed E-state index contributed by atoms with van der Waals surface area (Å²) in [6, 6.07) is 1.06. The van der Waals surface area contributed by atoms with Crippen molar-refractivity contribution in [3.05, 3.63) is 0 Å². The highest BCUT2D eigenvalue weighted by Gasteiger charge is 2.59. The van der Waals surface area contributed by atoms with Crippen molar-refractivity contribution in [1.82, 2.24) is 9.80 Å². The van der Waals surface area contributed by atoms with Gasteiger partial charge >= 0.3 is 0 Å². The Morgan fingerprint density at radius 2 is 1.80 bits per heavy atom. The van der Waals surface area contributed by atoms with Crippen LogP contribution in [0.4, 0.5) is 0 Å². The molecule has 0 unspecified atom stereocenters. The van der Waals surface area contributed by atoms with E-state index < -0.39 is 0 Å². The fourth-order valence-electron chi connectivity index (χ4n) is 4.47. The Hall–Kier alpha value is -0.160. The van der Waals surface area contributed by atoms with Crippen LogP contribution < -0.4 is 5.73 Å².